The fraction of sp³-hybridized carbons (Fsp3) is 0.200. The summed E-state index contributed by atoms with van der Waals surface area (Å²) in [4.78, 5) is 53.1. The van der Waals surface area contributed by atoms with E-state index in [0.29, 0.717) is 22.8 Å². The average molecular weight is 480 g/mol. The van der Waals surface area contributed by atoms with Gasteiger partial charge in [0.05, 0.1) is 18.4 Å². The number of hydrogen-bond donors (Lipinski definition) is 1. The molecule has 0 radical (unpaired) electrons. The van der Waals surface area contributed by atoms with Gasteiger partial charge in [0.25, 0.3) is 11.8 Å². The first kappa shape index (κ1) is 23.3. The zero-order valence-electron chi connectivity index (χ0n) is 18.4. The number of anilines is 2. The highest BCUT2D eigenvalue weighted by molar-refractivity contribution is 6.30. The third-order valence-corrected chi connectivity index (χ3v) is 5.70. The van der Waals surface area contributed by atoms with Crippen molar-refractivity contribution >= 4 is 46.6 Å². The number of rotatable bonds is 7. The molecule has 1 atom stereocenters. The number of hydrogen-bond acceptors (Lipinski definition) is 5. The van der Waals surface area contributed by atoms with Crippen molar-refractivity contribution in [1.29, 1.82) is 0 Å². The summed E-state index contributed by atoms with van der Waals surface area (Å²) in [6.45, 7) is 1.58. The van der Waals surface area contributed by atoms with Gasteiger partial charge in [-0.1, -0.05) is 23.7 Å². The molecule has 1 saturated heterocycles. The van der Waals surface area contributed by atoms with Crippen molar-refractivity contribution in [3.05, 3.63) is 83.3 Å². The summed E-state index contributed by atoms with van der Waals surface area (Å²) in [6.07, 6.45) is 1.68. The molecule has 3 aromatic rings. The molecule has 2 aromatic carbocycles. The van der Waals surface area contributed by atoms with E-state index in [-0.39, 0.29) is 24.6 Å². The van der Waals surface area contributed by atoms with Crippen LogP contribution in [0.1, 0.15) is 29.5 Å². The van der Waals surface area contributed by atoms with Crippen LogP contribution in [0.2, 0.25) is 5.02 Å². The van der Waals surface area contributed by atoms with Crippen molar-refractivity contribution in [2.45, 2.75) is 25.8 Å². The van der Waals surface area contributed by atoms with Gasteiger partial charge in [-0.05, 0) is 60.5 Å². The Hall–Kier alpha value is -3.91. The van der Waals surface area contributed by atoms with Gasteiger partial charge < -0.3 is 14.6 Å². The quantitative estimate of drug-likeness (QED) is 0.518. The van der Waals surface area contributed by atoms with Gasteiger partial charge >= 0.3 is 0 Å². The van der Waals surface area contributed by atoms with Crippen LogP contribution in [0.4, 0.5) is 11.4 Å². The number of benzene rings is 2. The van der Waals surface area contributed by atoms with Crippen molar-refractivity contribution < 1.29 is 23.6 Å². The molecule has 174 valence electrons. The normalized spacial score (nSPS) is 15.5. The van der Waals surface area contributed by atoms with Crippen molar-refractivity contribution in [3.63, 3.8) is 0 Å². The molecule has 1 aliphatic heterocycles. The Kier molecular flexibility index (Phi) is 6.79. The lowest BCUT2D eigenvalue weighted by atomic mass is 10.1. The lowest BCUT2D eigenvalue weighted by Gasteiger charge is -2.27. The first-order valence-electron chi connectivity index (χ1n) is 10.7. The molecule has 34 heavy (non-hydrogen) atoms. The van der Waals surface area contributed by atoms with Crippen LogP contribution in [-0.2, 0) is 20.8 Å². The molecule has 0 aliphatic carbocycles. The number of halogens is 1. The first-order chi connectivity index (χ1) is 16.3. The van der Waals surface area contributed by atoms with Gasteiger partial charge in [-0.2, -0.15) is 0 Å². The minimum Gasteiger partial charge on any atom is -0.459 e. The van der Waals surface area contributed by atoms with Gasteiger partial charge in [0.2, 0.25) is 11.8 Å². The van der Waals surface area contributed by atoms with Gasteiger partial charge in [0.1, 0.15) is 6.04 Å². The van der Waals surface area contributed by atoms with Crippen LogP contribution in [0, 0.1) is 0 Å². The van der Waals surface area contributed by atoms with E-state index in [9.17, 15) is 19.2 Å². The molecule has 2 heterocycles. The summed E-state index contributed by atoms with van der Waals surface area (Å²) in [5, 5.41) is 3.21. The first-order valence-corrected chi connectivity index (χ1v) is 11.0. The molecular weight excluding hydrogens is 458 g/mol. The maximum Gasteiger partial charge on any atom is 0.290 e. The highest BCUT2D eigenvalue weighted by Gasteiger charge is 2.44. The Morgan fingerprint density at radius 3 is 2.53 bits per heavy atom. The zero-order valence-corrected chi connectivity index (χ0v) is 19.1. The van der Waals surface area contributed by atoms with Gasteiger partial charge in [-0.15, -0.1) is 0 Å². The maximum atomic E-state index is 13.3. The van der Waals surface area contributed by atoms with E-state index < -0.39 is 23.8 Å². The Balaban J connectivity index is 1.58. The number of amides is 4. The topological polar surface area (TPSA) is 99.9 Å². The number of carbonyl (C=O) groups excluding carboxylic acids is 4. The van der Waals surface area contributed by atoms with Gasteiger partial charge in [0.15, 0.2) is 5.76 Å². The highest BCUT2D eigenvalue weighted by Crippen LogP contribution is 2.28. The molecule has 1 aromatic heterocycles. The monoisotopic (exact) mass is 479 g/mol. The van der Waals surface area contributed by atoms with Crippen LogP contribution in [0.5, 0.6) is 0 Å². The number of carbonyl (C=O) groups is 4. The largest absolute Gasteiger partial charge is 0.459 e. The minimum absolute atomic E-state index is 0.0875. The van der Waals surface area contributed by atoms with Crippen LogP contribution >= 0.6 is 11.6 Å². The van der Waals surface area contributed by atoms with Gasteiger partial charge in [-0.25, -0.2) is 4.90 Å². The third kappa shape index (κ3) is 5.02. The molecule has 8 nitrogen and oxygen atoms in total. The molecule has 1 fully saturated rings. The molecule has 4 rings (SSSR count). The molecule has 9 heteroatoms. The Morgan fingerprint density at radius 1 is 1.12 bits per heavy atom. The average Bonchev–Trinajstić information content (AvgIpc) is 3.43. The Labute approximate surface area is 201 Å². The Bertz CT molecular complexity index is 1220. The number of nitrogens with one attached hydrogen (secondary N) is 1. The lowest BCUT2D eigenvalue weighted by Crippen LogP contribution is -2.46. The van der Waals surface area contributed by atoms with Crippen LogP contribution in [-0.4, -0.2) is 41.1 Å². The number of imide groups is 1. The fourth-order valence-electron chi connectivity index (χ4n) is 3.91. The summed E-state index contributed by atoms with van der Waals surface area (Å²) < 4.78 is 5.27. The lowest BCUT2D eigenvalue weighted by molar-refractivity contribution is -0.122. The SMILES string of the molecule is CC(=O)Nc1ccc(N2C(=O)CC(N(CCc3cccc(Cl)c3)C(=O)c3ccco3)C2=O)cc1. The molecule has 4 amide bonds. The van der Waals surface area contributed by atoms with E-state index >= 15 is 0 Å². The molecule has 0 saturated carbocycles. The summed E-state index contributed by atoms with van der Waals surface area (Å²) in [5.41, 5.74) is 1.81. The second-order valence-electron chi connectivity index (χ2n) is 7.87. The van der Waals surface area contributed by atoms with Crippen LogP contribution < -0.4 is 10.2 Å². The number of nitrogens with zero attached hydrogens (tertiary/aromatic N) is 2. The second-order valence-corrected chi connectivity index (χ2v) is 8.31. The molecule has 0 bridgehead atoms. The van der Waals surface area contributed by atoms with Gasteiger partial charge in [-0.3, -0.25) is 19.2 Å². The van der Waals surface area contributed by atoms with Crippen LogP contribution in [0.25, 0.3) is 0 Å². The molecule has 1 unspecified atom stereocenters. The maximum absolute atomic E-state index is 13.3. The zero-order chi connectivity index (χ0) is 24.2. The van der Waals surface area contributed by atoms with E-state index in [1.165, 1.54) is 24.2 Å². The smallest absolute Gasteiger partial charge is 0.290 e. The second kappa shape index (κ2) is 9.93. The van der Waals surface area contributed by atoms with Crippen molar-refractivity contribution in [2.24, 2.45) is 0 Å². The molecule has 1 N–H and O–H groups in total. The van der Waals surface area contributed by atoms with Gasteiger partial charge in [0, 0.05) is 24.2 Å². The predicted molar refractivity (Wildman–Crippen MR) is 127 cm³/mol. The third-order valence-electron chi connectivity index (χ3n) is 5.47. The van der Waals surface area contributed by atoms with E-state index in [0.717, 1.165) is 10.5 Å². The summed E-state index contributed by atoms with van der Waals surface area (Å²) in [7, 11) is 0. The van der Waals surface area contributed by atoms with Crippen molar-refractivity contribution in [2.75, 3.05) is 16.8 Å². The fourth-order valence-corrected chi connectivity index (χ4v) is 4.12. The number of furan rings is 1. The van der Waals surface area contributed by atoms with E-state index in [2.05, 4.69) is 5.32 Å². The summed E-state index contributed by atoms with van der Waals surface area (Å²) in [6, 6.07) is 15.7. The standard InChI is InChI=1S/C25H22ClN3O5/c1-16(30)27-19-7-9-20(10-8-19)29-23(31)15-21(24(29)32)28(25(33)22-6-3-13-34-22)12-11-17-4-2-5-18(26)14-17/h2-10,13-14,21H,11-12,15H2,1H3,(H,27,30). The van der Waals surface area contributed by atoms with Crippen molar-refractivity contribution in [1.82, 2.24) is 4.90 Å². The van der Waals surface area contributed by atoms with E-state index in [4.69, 9.17) is 16.0 Å². The minimum atomic E-state index is -0.973. The van der Waals surface area contributed by atoms with Crippen LogP contribution in [0.15, 0.2) is 71.3 Å². The molecule has 0 spiro atoms. The van der Waals surface area contributed by atoms with E-state index in [1.807, 2.05) is 12.1 Å². The predicted octanol–water partition coefficient (Wildman–Crippen LogP) is 3.91. The highest BCUT2D eigenvalue weighted by atomic mass is 35.5. The Morgan fingerprint density at radius 2 is 1.88 bits per heavy atom. The van der Waals surface area contributed by atoms with E-state index in [1.54, 1.807) is 42.5 Å². The van der Waals surface area contributed by atoms with Crippen LogP contribution in [0.3, 0.4) is 0 Å². The summed E-state index contributed by atoms with van der Waals surface area (Å²) in [5.74, 6) is -1.52. The summed E-state index contributed by atoms with van der Waals surface area (Å²) >= 11 is 6.08. The molecular formula is C25H22ClN3O5. The molecule has 1 aliphatic rings. The van der Waals surface area contributed by atoms with Crippen molar-refractivity contribution in [3.8, 4) is 0 Å².